The predicted molar refractivity (Wildman–Crippen MR) is 251 cm³/mol. The average molecular weight is 801 g/mol. The summed E-state index contributed by atoms with van der Waals surface area (Å²) in [5, 5.41) is 4.32. The highest BCUT2D eigenvalue weighted by Crippen LogP contribution is 2.39. The van der Waals surface area contributed by atoms with Crippen LogP contribution in [0.15, 0.2) is 196 Å². The van der Waals surface area contributed by atoms with Gasteiger partial charge in [0.15, 0.2) is 5.82 Å². The second-order valence-corrected chi connectivity index (χ2v) is 15.9. The van der Waals surface area contributed by atoms with E-state index >= 15 is 0 Å². The van der Waals surface area contributed by atoms with Crippen molar-refractivity contribution in [2.45, 2.75) is 0 Å². The zero-order valence-electron chi connectivity index (χ0n) is 33.8. The molecule has 12 aromatic rings. The van der Waals surface area contributed by atoms with Crippen LogP contribution in [-0.4, -0.2) is 19.1 Å². The Kier molecular flexibility index (Phi) is 7.99. The van der Waals surface area contributed by atoms with Gasteiger partial charge in [0.2, 0.25) is 0 Å². The minimum Gasteiger partial charge on any atom is -0.456 e. The monoisotopic (exact) mass is 800 g/mol. The third-order valence-corrected chi connectivity index (χ3v) is 12.2. The van der Waals surface area contributed by atoms with E-state index in [4.69, 9.17) is 18.8 Å². The number of fused-ring (bicyclic) bond motifs is 7. The number of hydrogen-bond acceptors (Lipinski definition) is 5. The first-order valence-corrected chi connectivity index (χ1v) is 20.6. The first-order chi connectivity index (χ1) is 30.4. The number of aryl methyl sites for hydroxylation is 2. The molecule has 0 aliphatic carbocycles. The minimum absolute atomic E-state index is 0.0424. The zero-order chi connectivity index (χ0) is 41.5. The summed E-state index contributed by atoms with van der Waals surface area (Å²) in [7, 11) is 3.62. The molecule has 4 aromatic heterocycles. The van der Waals surface area contributed by atoms with Gasteiger partial charge in [0.1, 0.15) is 22.3 Å². The lowest BCUT2D eigenvalue weighted by molar-refractivity contribution is 0.668. The number of para-hydroxylation sites is 2. The second-order valence-electron chi connectivity index (χ2n) is 15.9. The summed E-state index contributed by atoms with van der Waals surface area (Å²) in [6, 6.07) is 62.8. The fraction of sp³-hybridized carbons (Fsp3) is 0.0364. The van der Waals surface area contributed by atoms with Crippen LogP contribution in [0.3, 0.4) is 0 Å². The second kappa shape index (κ2) is 13.9. The van der Waals surface area contributed by atoms with Crippen molar-refractivity contribution in [2.75, 3.05) is 0 Å². The quantitative estimate of drug-likeness (QED) is 0.167. The number of rotatable bonds is 6. The van der Waals surface area contributed by atoms with Crippen LogP contribution < -0.4 is 5.69 Å². The summed E-state index contributed by atoms with van der Waals surface area (Å²) in [4.78, 5) is 23.1. The molecule has 8 aromatic carbocycles. The van der Waals surface area contributed by atoms with Gasteiger partial charge >= 0.3 is 5.69 Å². The van der Waals surface area contributed by atoms with Crippen molar-refractivity contribution in [3.8, 4) is 67.3 Å². The number of nitrogens with zero attached hydrogens (tertiary/aromatic N) is 4. The van der Waals surface area contributed by atoms with Crippen molar-refractivity contribution in [1.29, 1.82) is 0 Å². The Balaban J connectivity index is 1.03. The molecule has 0 aliphatic rings. The van der Waals surface area contributed by atoms with Gasteiger partial charge in [-0.25, -0.2) is 14.8 Å². The summed E-state index contributed by atoms with van der Waals surface area (Å²) in [5.41, 5.74) is 16.0. The molecule has 0 aliphatic heterocycles. The van der Waals surface area contributed by atoms with Crippen LogP contribution >= 0.6 is 0 Å². The van der Waals surface area contributed by atoms with E-state index in [1.807, 2.05) is 55.6 Å². The predicted octanol–water partition coefficient (Wildman–Crippen LogP) is 13.5. The lowest BCUT2D eigenvalue weighted by Crippen LogP contribution is -2.19. The third kappa shape index (κ3) is 5.85. The van der Waals surface area contributed by atoms with E-state index in [1.54, 1.807) is 16.2 Å². The first kappa shape index (κ1) is 35.6. The molecular formula is C55H36N4O3. The van der Waals surface area contributed by atoms with Gasteiger partial charge in [-0.15, -0.1) is 0 Å². The molecule has 7 heteroatoms. The smallest absolute Gasteiger partial charge is 0.328 e. The Labute approximate surface area is 355 Å². The third-order valence-electron chi connectivity index (χ3n) is 12.2. The Bertz CT molecular complexity index is 3660. The molecule has 62 heavy (non-hydrogen) atoms. The van der Waals surface area contributed by atoms with Crippen molar-refractivity contribution < 1.29 is 8.83 Å². The molecule has 0 saturated heterocycles. The average Bonchev–Trinajstić information content (AvgIpc) is 3.97. The van der Waals surface area contributed by atoms with Crippen LogP contribution in [-0.2, 0) is 14.1 Å². The molecule has 0 saturated carbocycles. The molecule has 0 spiro atoms. The molecule has 0 amide bonds. The summed E-state index contributed by atoms with van der Waals surface area (Å²) in [6.07, 6.45) is 0. The number of benzene rings is 8. The molecule has 294 valence electrons. The van der Waals surface area contributed by atoms with Crippen LogP contribution in [0.25, 0.3) is 122 Å². The van der Waals surface area contributed by atoms with Crippen LogP contribution in [0.4, 0.5) is 0 Å². The van der Waals surface area contributed by atoms with E-state index in [-0.39, 0.29) is 5.69 Å². The highest BCUT2D eigenvalue weighted by atomic mass is 16.3. The summed E-state index contributed by atoms with van der Waals surface area (Å²) in [6.45, 7) is 0. The number of furan rings is 2. The van der Waals surface area contributed by atoms with E-state index in [1.165, 1.54) is 0 Å². The number of hydrogen-bond donors (Lipinski definition) is 0. The SMILES string of the molecule is Cn1c(=O)n(C)c2cc(-c3ccc(-c4cc(-c5cc(-c6ccc7oc8ccccc8c7c6)cc(-c6ccc7oc8ccccc8c7c6)c5)nc(-c5ccccc5)n4)cc3)ccc21. The van der Waals surface area contributed by atoms with Crippen LogP contribution in [0.5, 0.6) is 0 Å². The topological polar surface area (TPSA) is 79.0 Å². The summed E-state index contributed by atoms with van der Waals surface area (Å²) < 4.78 is 15.8. The first-order valence-electron chi connectivity index (χ1n) is 20.6. The van der Waals surface area contributed by atoms with Gasteiger partial charge in [-0.3, -0.25) is 9.13 Å². The van der Waals surface area contributed by atoms with Gasteiger partial charge in [-0.05, 0) is 106 Å². The van der Waals surface area contributed by atoms with Crippen molar-refractivity contribution in [2.24, 2.45) is 14.1 Å². The lowest BCUT2D eigenvalue weighted by Gasteiger charge is -2.14. The molecule has 0 fully saturated rings. The highest BCUT2D eigenvalue weighted by Gasteiger charge is 2.17. The van der Waals surface area contributed by atoms with Crippen molar-refractivity contribution in [1.82, 2.24) is 19.1 Å². The van der Waals surface area contributed by atoms with Crippen LogP contribution in [0.2, 0.25) is 0 Å². The molecule has 0 bridgehead atoms. The molecular weight excluding hydrogens is 765 g/mol. The Morgan fingerprint density at radius 2 is 0.823 bits per heavy atom. The Hall–Kier alpha value is -8.29. The zero-order valence-corrected chi connectivity index (χ0v) is 33.8. The van der Waals surface area contributed by atoms with E-state index in [9.17, 15) is 4.79 Å². The maximum atomic E-state index is 12.6. The fourth-order valence-corrected chi connectivity index (χ4v) is 8.90. The van der Waals surface area contributed by atoms with Crippen LogP contribution in [0.1, 0.15) is 0 Å². The van der Waals surface area contributed by atoms with Crippen LogP contribution in [0, 0.1) is 0 Å². The molecule has 12 rings (SSSR count). The normalized spacial score (nSPS) is 11.8. The van der Waals surface area contributed by atoms with Gasteiger partial charge < -0.3 is 8.83 Å². The van der Waals surface area contributed by atoms with E-state index in [2.05, 4.69) is 133 Å². The summed E-state index contributed by atoms with van der Waals surface area (Å²) >= 11 is 0. The lowest BCUT2D eigenvalue weighted by atomic mass is 9.93. The maximum absolute atomic E-state index is 12.6. The van der Waals surface area contributed by atoms with Gasteiger partial charge in [0, 0.05) is 52.3 Å². The molecule has 0 radical (unpaired) electrons. The highest BCUT2D eigenvalue weighted by molar-refractivity contribution is 6.08. The van der Waals surface area contributed by atoms with Gasteiger partial charge in [0.25, 0.3) is 0 Å². The standard InChI is InChI=1S/C55H36N4O3/c1-58-48-23-20-38(31-49(48)59(2)55(58)60)33-16-18-34(19-17-33)46-32-47(57-54(56-46)35-10-4-3-5-11-35)41-27-39(36-21-24-52-44(29-36)42-12-6-8-14-50(42)61-52)26-40(28-41)37-22-25-53-45(30-37)43-13-7-9-15-51(43)62-53/h3-32H,1-2H3. The number of imidazole rings is 1. The van der Waals surface area contributed by atoms with Crippen molar-refractivity contribution in [3.05, 3.63) is 192 Å². The summed E-state index contributed by atoms with van der Waals surface area (Å²) in [5.74, 6) is 0.641. The van der Waals surface area contributed by atoms with Gasteiger partial charge in [-0.2, -0.15) is 0 Å². The fourth-order valence-electron chi connectivity index (χ4n) is 8.90. The van der Waals surface area contributed by atoms with Crippen molar-refractivity contribution in [3.63, 3.8) is 0 Å². The van der Waals surface area contributed by atoms with E-state index in [0.717, 1.165) is 116 Å². The van der Waals surface area contributed by atoms with Gasteiger partial charge in [0.05, 0.1) is 22.4 Å². The molecule has 0 unspecified atom stereocenters. The van der Waals surface area contributed by atoms with Gasteiger partial charge in [-0.1, -0.05) is 109 Å². The Morgan fingerprint density at radius 3 is 1.45 bits per heavy atom. The maximum Gasteiger partial charge on any atom is 0.328 e. The van der Waals surface area contributed by atoms with E-state index in [0.29, 0.717) is 5.82 Å². The molecule has 0 N–H and O–H groups in total. The minimum atomic E-state index is -0.0424. The molecule has 0 atom stereocenters. The van der Waals surface area contributed by atoms with Crippen molar-refractivity contribution >= 4 is 54.9 Å². The Morgan fingerprint density at radius 1 is 0.355 bits per heavy atom. The largest absolute Gasteiger partial charge is 0.456 e. The van der Waals surface area contributed by atoms with E-state index < -0.39 is 0 Å². The molecule has 4 heterocycles. The number of aromatic nitrogens is 4. The molecule has 7 nitrogen and oxygen atoms in total.